The van der Waals surface area contributed by atoms with Crippen molar-refractivity contribution in [3.8, 4) is 0 Å². The van der Waals surface area contributed by atoms with Crippen molar-refractivity contribution in [2.24, 2.45) is 0 Å². The van der Waals surface area contributed by atoms with Gasteiger partial charge in [-0.05, 0) is 48.7 Å². The first kappa shape index (κ1) is 20.5. The van der Waals surface area contributed by atoms with Crippen LogP contribution in [-0.2, 0) is 20.2 Å². The van der Waals surface area contributed by atoms with E-state index in [-0.39, 0.29) is 17.0 Å². The second kappa shape index (κ2) is 6.95. The average molecular weight is 459 g/mol. The molecule has 0 aromatic heterocycles. The molecule has 168 valence electrons. The predicted molar refractivity (Wildman–Crippen MR) is 130 cm³/mol. The molecule has 3 atom stereocenters. The van der Waals surface area contributed by atoms with Crippen LogP contribution in [0.1, 0.15) is 29.0 Å². The zero-order chi connectivity index (χ0) is 23.0. The zero-order valence-corrected chi connectivity index (χ0v) is 19.5. The van der Waals surface area contributed by atoms with Crippen LogP contribution in [-0.4, -0.2) is 28.3 Å². The van der Waals surface area contributed by atoms with Crippen molar-refractivity contribution in [1.82, 2.24) is 0 Å². The van der Waals surface area contributed by atoms with Gasteiger partial charge < -0.3 is 9.64 Å². The van der Waals surface area contributed by atoms with E-state index in [9.17, 15) is 8.42 Å². The zero-order valence-electron chi connectivity index (χ0n) is 18.7. The van der Waals surface area contributed by atoms with Gasteiger partial charge in [0.25, 0.3) is 10.0 Å². The van der Waals surface area contributed by atoms with Gasteiger partial charge in [0.15, 0.2) is 0 Å². The van der Waals surface area contributed by atoms with Crippen molar-refractivity contribution in [2.45, 2.75) is 35.8 Å². The first-order valence-corrected chi connectivity index (χ1v) is 12.6. The molecule has 3 aromatic rings. The standard InChI is InChI=1S/C27H26N2O3S/c1-18-12-14-20(15-13-18)33(30,31)29-19(2)25(21-8-4-6-10-23(21)29)27-16-17-32-26(27)28(3)24-11-7-5-9-22(24)27/h4-15,25-26H,2,16-17H2,1,3H3/t25-,26+,27-/m0/s1. The minimum atomic E-state index is -3.82. The summed E-state index contributed by atoms with van der Waals surface area (Å²) in [5.74, 6) is -0.215. The summed E-state index contributed by atoms with van der Waals surface area (Å²) < 4.78 is 35.6. The third-order valence-electron chi connectivity index (χ3n) is 7.50. The lowest BCUT2D eigenvalue weighted by Gasteiger charge is -2.37. The largest absolute Gasteiger partial charge is 0.357 e. The number of benzene rings is 3. The van der Waals surface area contributed by atoms with E-state index in [1.54, 1.807) is 12.1 Å². The molecule has 3 heterocycles. The van der Waals surface area contributed by atoms with E-state index in [2.05, 4.69) is 36.7 Å². The van der Waals surface area contributed by atoms with E-state index in [1.807, 2.05) is 49.4 Å². The van der Waals surface area contributed by atoms with E-state index in [0.29, 0.717) is 18.0 Å². The van der Waals surface area contributed by atoms with E-state index < -0.39 is 15.4 Å². The number of sulfonamides is 1. The van der Waals surface area contributed by atoms with Gasteiger partial charge in [-0.1, -0.05) is 60.7 Å². The SMILES string of the molecule is C=C1[C@H]([C@@]23CCO[C@H]2N(C)c2ccccc23)c2ccccc2N1S(=O)(=O)c1ccc(C)cc1. The van der Waals surface area contributed by atoms with Crippen molar-refractivity contribution in [1.29, 1.82) is 0 Å². The Labute approximate surface area is 195 Å². The minimum Gasteiger partial charge on any atom is -0.357 e. The Bertz CT molecular complexity index is 1380. The number of para-hydroxylation sites is 2. The Morgan fingerprint density at radius 2 is 1.64 bits per heavy atom. The second-order valence-electron chi connectivity index (χ2n) is 9.21. The predicted octanol–water partition coefficient (Wildman–Crippen LogP) is 4.94. The highest BCUT2D eigenvalue weighted by Gasteiger charge is 2.62. The number of anilines is 2. The van der Waals surface area contributed by atoms with E-state index in [1.165, 1.54) is 9.87 Å². The number of nitrogens with zero attached hydrogens (tertiary/aromatic N) is 2. The first-order chi connectivity index (χ1) is 15.9. The number of likely N-dealkylation sites (N-methyl/N-ethyl adjacent to an activating group) is 1. The molecular weight excluding hydrogens is 432 g/mol. The van der Waals surface area contributed by atoms with Crippen molar-refractivity contribution in [2.75, 3.05) is 22.9 Å². The summed E-state index contributed by atoms with van der Waals surface area (Å²) in [6.45, 7) is 6.98. The lowest BCUT2D eigenvalue weighted by molar-refractivity contribution is 0.0831. The highest BCUT2D eigenvalue weighted by molar-refractivity contribution is 7.93. The summed E-state index contributed by atoms with van der Waals surface area (Å²) in [5.41, 5.74) is 5.19. The topological polar surface area (TPSA) is 49.9 Å². The molecule has 3 aliphatic rings. The Morgan fingerprint density at radius 1 is 0.970 bits per heavy atom. The van der Waals surface area contributed by atoms with Crippen LogP contribution in [0.15, 0.2) is 90.0 Å². The molecule has 0 N–H and O–H groups in total. The van der Waals surface area contributed by atoms with Gasteiger partial charge in [-0.25, -0.2) is 12.7 Å². The third-order valence-corrected chi connectivity index (χ3v) is 9.28. The Balaban J connectivity index is 1.56. The minimum absolute atomic E-state index is 0.174. The van der Waals surface area contributed by atoms with Gasteiger partial charge in [-0.3, -0.25) is 0 Å². The van der Waals surface area contributed by atoms with Crippen molar-refractivity contribution in [3.63, 3.8) is 0 Å². The molecule has 5 nitrogen and oxygen atoms in total. The van der Waals surface area contributed by atoms with Crippen LogP contribution >= 0.6 is 0 Å². The van der Waals surface area contributed by atoms with Gasteiger partial charge in [-0.15, -0.1) is 0 Å². The molecule has 3 aromatic carbocycles. The van der Waals surface area contributed by atoms with Gasteiger partial charge in [0.1, 0.15) is 6.23 Å². The Hall–Kier alpha value is -3.09. The van der Waals surface area contributed by atoms with Crippen molar-refractivity contribution >= 4 is 21.4 Å². The summed E-state index contributed by atoms with van der Waals surface area (Å²) >= 11 is 0. The fraction of sp³-hybridized carbons (Fsp3) is 0.259. The fourth-order valence-electron chi connectivity index (χ4n) is 6.12. The molecule has 1 fully saturated rings. The Kier molecular flexibility index (Phi) is 4.32. The number of allylic oxidation sites excluding steroid dienone is 1. The van der Waals surface area contributed by atoms with Gasteiger partial charge in [0.05, 0.1) is 22.6 Å². The van der Waals surface area contributed by atoms with Crippen LogP contribution in [0.2, 0.25) is 0 Å². The van der Waals surface area contributed by atoms with E-state index in [4.69, 9.17) is 4.74 Å². The first-order valence-electron chi connectivity index (χ1n) is 11.2. The maximum atomic E-state index is 13.9. The average Bonchev–Trinajstić information content (AvgIpc) is 3.44. The van der Waals surface area contributed by atoms with Crippen LogP contribution in [0.3, 0.4) is 0 Å². The number of hydrogen-bond donors (Lipinski definition) is 0. The molecule has 0 amide bonds. The normalized spacial score (nSPS) is 25.8. The highest BCUT2D eigenvalue weighted by Crippen LogP contribution is 2.63. The maximum Gasteiger partial charge on any atom is 0.268 e. The van der Waals surface area contributed by atoms with Gasteiger partial charge in [-0.2, -0.15) is 0 Å². The molecular formula is C27H26N2O3S. The van der Waals surface area contributed by atoms with Crippen LogP contribution in [0.25, 0.3) is 0 Å². The van der Waals surface area contributed by atoms with Crippen molar-refractivity contribution in [3.05, 3.63) is 102 Å². The molecule has 0 bridgehead atoms. The molecule has 0 aliphatic carbocycles. The molecule has 0 spiro atoms. The number of hydrogen-bond acceptors (Lipinski definition) is 4. The lowest BCUT2D eigenvalue weighted by Crippen LogP contribution is -2.45. The number of aryl methyl sites for hydroxylation is 1. The Morgan fingerprint density at radius 3 is 2.39 bits per heavy atom. The smallest absolute Gasteiger partial charge is 0.268 e. The summed E-state index contributed by atoms with van der Waals surface area (Å²) in [7, 11) is -1.77. The number of fused-ring (bicyclic) bond motifs is 4. The van der Waals surface area contributed by atoms with Crippen LogP contribution in [0.4, 0.5) is 11.4 Å². The lowest BCUT2D eigenvalue weighted by atomic mass is 9.66. The number of rotatable bonds is 3. The second-order valence-corrected chi connectivity index (χ2v) is 11.0. The summed E-state index contributed by atoms with van der Waals surface area (Å²) in [4.78, 5) is 2.46. The maximum absolute atomic E-state index is 13.9. The van der Waals surface area contributed by atoms with Crippen LogP contribution in [0.5, 0.6) is 0 Å². The molecule has 3 aliphatic heterocycles. The van der Waals surface area contributed by atoms with Crippen LogP contribution < -0.4 is 9.21 Å². The van der Waals surface area contributed by atoms with Crippen molar-refractivity contribution < 1.29 is 13.2 Å². The highest BCUT2D eigenvalue weighted by atomic mass is 32.2. The monoisotopic (exact) mass is 458 g/mol. The van der Waals surface area contributed by atoms with E-state index in [0.717, 1.165) is 23.2 Å². The summed E-state index contributed by atoms with van der Waals surface area (Å²) in [6, 6.07) is 23.2. The van der Waals surface area contributed by atoms with Gasteiger partial charge in [0, 0.05) is 24.4 Å². The van der Waals surface area contributed by atoms with Crippen LogP contribution in [0, 0.1) is 6.92 Å². The molecule has 6 rings (SSSR count). The number of ether oxygens (including phenoxy) is 1. The van der Waals surface area contributed by atoms with Gasteiger partial charge in [0.2, 0.25) is 0 Å². The summed E-state index contributed by atoms with van der Waals surface area (Å²) in [6.07, 6.45) is 0.627. The molecule has 0 radical (unpaired) electrons. The third kappa shape index (κ3) is 2.59. The summed E-state index contributed by atoms with van der Waals surface area (Å²) in [5, 5.41) is 0. The van der Waals surface area contributed by atoms with Gasteiger partial charge >= 0.3 is 0 Å². The molecule has 33 heavy (non-hydrogen) atoms. The molecule has 6 heteroatoms. The molecule has 1 saturated heterocycles. The molecule has 0 unspecified atom stereocenters. The molecule has 0 saturated carbocycles. The fourth-order valence-corrected chi connectivity index (χ4v) is 7.65. The van der Waals surface area contributed by atoms with E-state index >= 15 is 0 Å². The quantitative estimate of drug-likeness (QED) is 0.558.